The summed E-state index contributed by atoms with van der Waals surface area (Å²) in [4.78, 5) is 0. The Morgan fingerprint density at radius 2 is 2.13 bits per heavy atom. The van der Waals surface area contributed by atoms with Crippen molar-refractivity contribution in [2.45, 2.75) is 46.5 Å². The van der Waals surface area contributed by atoms with Crippen LogP contribution in [0.15, 0.2) is 23.8 Å². The van der Waals surface area contributed by atoms with Gasteiger partial charge in [-0.05, 0) is 56.8 Å². The van der Waals surface area contributed by atoms with E-state index in [4.69, 9.17) is 0 Å². The second-order valence-electron chi connectivity index (χ2n) is 5.83. The van der Waals surface area contributed by atoms with Crippen LogP contribution in [0.25, 0.3) is 0 Å². The van der Waals surface area contributed by atoms with Crippen LogP contribution in [0.4, 0.5) is 0 Å². The molecule has 0 aromatic heterocycles. The van der Waals surface area contributed by atoms with E-state index in [2.05, 4.69) is 33.4 Å². The highest BCUT2D eigenvalue weighted by Gasteiger charge is 2.37. The molecule has 2 unspecified atom stereocenters. The number of allylic oxidation sites excluding steroid dienone is 3. The van der Waals surface area contributed by atoms with Gasteiger partial charge in [0.05, 0.1) is 0 Å². The minimum atomic E-state index is 0.765. The summed E-state index contributed by atoms with van der Waals surface area (Å²) in [7, 11) is 0. The maximum absolute atomic E-state index is 4.19. The lowest BCUT2D eigenvalue weighted by molar-refractivity contribution is 0.156. The van der Waals surface area contributed by atoms with E-state index < -0.39 is 0 Å². The Balaban J connectivity index is 2.21. The molecule has 4 atom stereocenters. The number of rotatable bonds is 1. The molecular weight excluding hydrogens is 180 g/mol. The van der Waals surface area contributed by atoms with Crippen LogP contribution in [0.1, 0.15) is 46.5 Å². The third-order valence-electron chi connectivity index (χ3n) is 4.59. The molecule has 0 heterocycles. The highest BCUT2D eigenvalue weighted by Crippen LogP contribution is 2.47. The summed E-state index contributed by atoms with van der Waals surface area (Å²) in [6, 6.07) is 0. The van der Waals surface area contributed by atoms with Crippen molar-refractivity contribution in [2.75, 3.05) is 0 Å². The van der Waals surface area contributed by atoms with Gasteiger partial charge in [0.2, 0.25) is 0 Å². The molecule has 84 valence electrons. The molecule has 15 heavy (non-hydrogen) atoms. The van der Waals surface area contributed by atoms with Crippen molar-refractivity contribution in [1.82, 2.24) is 0 Å². The minimum Gasteiger partial charge on any atom is -0.0998 e. The molecule has 0 aromatic carbocycles. The normalized spacial score (nSPS) is 40.6. The molecule has 1 fully saturated rings. The largest absolute Gasteiger partial charge is 0.0998 e. The topological polar surface area (TPSA) is 0 Å². The smallest absolute Gasteiger partial charge is 0.0140 e. The van der Waals surface area contributed by atoms with Crippen molar-refractivity contribution in [3.05, 3.63) is 23.8 Å². The molecular formula is C15H24. The second-order valence-corrected chi connectivity index (χ2v) is 5.83. The molecule has 2 aliphatic rings. The summed E-state index contributed by atoms with van der Waals surface area (Å²) in [5, 5.41) is 0. The molecule has 0 heteroatoms. The Kier molecular flexibility index (Phi) is 3.04. The Bertz CT molecular complexity index is 282. The van der Waals surface area contributed by atoms with Gasteiger partial charge in [0.25, 0.3) is 0 Å². The zero-order chi connectivity index (χ0) is 11.0. The third kappa shape index (κ3) is 2.04. The van der Waals surface area contributed by atoms with Crippen LogP contribution in [-0.4, -0.2) is 0 Å². The monoisotopic (exact) mass is 204 g/mol. The average molecular weight is 204 g/mol. The summed E-state index contributed by atoms with van der Waals surface area (Å²) in [5.74, 6) is 3.47. The summed E-state index contributed by atoms with van der Waals surface area (Å²) < 4.78 is 0. The van der Waals surface area contributed by atoms with Gasteiger partial charge in [-0.1, -0.05) is 37.1 Å². The molecule has 0 aromatic rings. The predicted octanol–water partition coefficient (Wildman–Crippen LogP) is 4.58. The Hall–Kier alpha value is -0.520. The maximum atomic E-state index is 4.19. The van der Waals surface area contributed by atoms with Gasteiger partial charge in [0.15, 0.2) is 0 Å². The lowest BCUT2D eigenvalue weighted by Gasteiger charge is -2.43. The first-order chi connectivity index (χ1) is 7.09. The summed E-state index contributed by atoms with van der Waals surface area (Å²) in [6.45, 7) is 11.2. The van der Waals surface area contributed by atoms with E-state index in [1.54, 1.807) is 5.57 Å². The van der Waals surface area contributed by atoms with Gasteiger partial charge >= 0.3 is 0 Å². The van der Waals surface area contributed by atoms with Crippen LogP contribution >= 0.6 is 0 Å². The third-order valence-corrected chi connectivity index (χ3v) is 4.59. The lowest BCUT2D eigenvalue weighted by Crippen LogP contribution is -2.33. The first-order valence-corrected chi connectivity index (χ1v) is 6.41. The van der Waals surface area contributed by atoms with Crippen molar-refractivity contribution >= 4 is 0 Å². The maximum Gasteiger partial charge on any atom is -0.0140 e. The van der Waals surface area contributed by atoms with Gasteiger partial charge in [-0.3, -0.25) is 0 Å². The van der Waals surface area contributed by atoms with Gasteiger partial charge < -0.3 is 0 Å². The van der Waals surface area contributed by atoms with Gasteiger partial charge in [-0.2, -0.15) is 0 Å². The number of hydrogen-bond acceptors (Lipinski definition) is 0. The van der Waals surface area contributed by atoms with Gasteiger partial charge in [-0.15, -0.1) is 0 Å². The van der Waals surface area contributed by atoms with Crippen LogP contribution < -0.4 is 0 Å². The molecule has 0 aliphatic heterocycles. The first kappa shape index (κ1) is 11.0. The fourth-order valence-corrected chi connectivity index (χ4v) is 3.64. The van der Waals surface area contributed by atoms with E-state index in [1.807, 2.05) is 0 Å². The Morgan fingerprint density at radius 1 is 1.40 bits per heavy atom. The van der Waals surface area contributed by atoms with E-state index in [0.717, 1.165) is 23.7 Å². The highest BCUT2D eigenvalue weighted by atomic mass is 14.4. The molecule has 0 spiro atoms. The van der Waals surface area contributed by atoms with Crippen molar-refractivity contribution < 1.29 is 0 Å². The standard InChI is InChI=1S/C15H24/c1-10(2)13-8-6-12(4)14-7-5-11(3)9-15(13)14/h6,11,13-15H,1,5,7-9H2,2-4H3/t11-,13?,14?,15-/m0/s1. The molecule has 0 amide bonds. The number of hydrogen-bond donors (Lipinski definition) is 0. The molecule has 1 saturated carbocycles. The zero-order valence-corrected chi connectivity index (χ0v) is 10.4. The fourth-order valence-electron chi connectivity index (χ4n) is 3.64. The SMILES string of the molecule is C=C(C)C1CC=C(C)C2CC[C@H](C)C[C@@H]12. The van der Waals surface area contributed by atoms with Crippen molar-refractivity contribution in [1.29, 1.82) is 0 Å². The van der Waals surface area contributed by atoms with Crippen molar-refractivity contribution in [2.24, 2.45) is 23.7 Å². The van der Waals surface area contributed by atoms with Crippen molar-refractivity contribution in [3.8, 4) is 0 Å². The quantitative estimate of drug-likeness (QED) is 0.548. The summed E-state index contributed by atoms with van der Waals surface area (Å²) in [6.07, 6.45) is 7.98. The van der Waals surface area contributed by atoms with Gasteiger partial charge in [0, 0.05) is 0 Å². The van der Waals surface area contributed by atoms with Crippen LogP contribution in [-0.2, 0) is 0 Å². The molecule has 0 saturated heterocycles. The Labute approximate surface area is 94.5 Å². The fraction of sp³-hybridized carbons (Fsp3) is 0.733. The van der Waals surface area contributed by atoms with Crippen molar-refractivity contribution in [3.63, 3.8) is 0 Å². The summed E-state index contributed by atoms with van der Waals surface area (Å²) in [5.41, 5.74) is 3.06. The van der Waals surface area contributed by atoms with E-state index in [1.165, 1.54) is 31.3 Å². The number of fused-ring (bicyclic) bond motifs is 1. The predicted molar refractivity (Wildman–Crippen MR) is 66.7 cm³/mol. The average Bonchev–Trinajstić information content (AvgIpc) is 2.17. The molecule has 0 radical (unpaired) electrons. The van der Waals surface area contributed by atoms with E-state index >= 15 is 0 Å². The molecule has 0 nitrogen and oxygen atoms in total. The molecule has 0 N–H and O–H groups in total. The van der Waals surface area contributed by atoms with E-state index in [-0.39, 0.29) is 0 Å². The van der Waals surface area contributed by atoms with Crippen LogP contribution in [0.5, 0.6) is 0 Å². The minimum absolute atomic E-state index is 0.765. The van der Waals surface area contributed by atoms with Crippen LogP contribution in [0.2, 0.25) is 0 Å². The van der Waals surface area contributed by atoms with Gasteiger partial charge in [0.1, 0.15) is 0 Å². The zero-order valence-electron chi connectivity index (χ0n) is 10.4. The molecule has 2 aliphatic carbocycles. The van der Waals surface area contributed by atoms with Crippen LogP contribution in [0, 0.1) is 23.7 Å². The van der Waals surface area contributed by atoms with E-state index in [0.29, 0.717) is 0 Å². The Morgan fingerprint density at radius 3 is 2.80 bits per heavy atom. The van der Waals surface area contributed by atoms with E-state index in [9.17, 15) is 0 Å². The summed E-state index contributed by atoms with van der Waals surface area (Å²) >= 11 is 0. The highest BCUT2D eigenvalue weighted by molar-refractivity contribution is 5.17. The lowest BCUT2D eigenvalue weighted by atomic mass is 9.62. The second kappa shape index (κ2) is 4.15. The molecule has 2 rings (SSSR count). The first-order valence-electron chi connectivity index (χ1n) is 6.41. The molecule has 0 bridgehead atoms. The van der Waals surface area contributed by atoms with Crippen LogP contribution in [0.3, 0.4) is 0 Å². The van der Waals surface area contributed by atoms with Gasteiger partial charge in [-0.25, -0.2) is 0 Å².